The van der Waals surface area contributed by atoms with Gasteiger partial charge in [-0.2, -0.15) is 0 Å². The number of esters is 1. The Morgan fingerprint density at radius 3 is 2.84 bits per heavy atom. The number of carbonyl (C=O) groups is 2. The molecule has 1 aromatic heterocycles. The van der Waals surface area contributed by atoms with Gasteiger partial charge in [0.1, 0.15) is 10.8 Å². The number of amides is 1. The number of benzene rings is 1. The lowest BCUT2D eigenvalue weighted by molar-refractivity contribution is -0.131. The molecular formula is C12H11N3O3S. The highest BCUT2D eigenvalue weighted by molar-refractivity contribution is 7.19. The summed E-state index contributed by atoms with van der Waals surface area (Å²) in [6, 6.07) is 6.34. The molecule has 98 valence electrons. The number of nitrogens with two attached hydrogens (primary N) is 1. The summed E-state index contributed by atoms with van der Waals surface area (Å²) in [4.78, 5) is 26.6. The first-order valence-corrected chi connectivity index (χ1v) is 6.17. The summed E-state index contributed by atoms with van der Waals surface area (Å²) in [5, 5.41) is 3.59. The Bertz CT molecular complexity index is 624. The van der Waals surface area contributed by atoms with Gasteiger partial charge in [0.2, 0.25) is 0 Å². The van der Waals surface area contributed by atoms with Crippen molar-refractivity contribution in [2.75, 3.05) is 11.1 Å². The SMILES string of the molecule is CC(=O)Oc1cccc(C(=O)Nc2cnc(N)s2)c1. The molecule has 2 aromatic rings. The minimum absolute atomic E-state index is 0.322. The van der Waals surface area contributed by atoms with E-state index in [-0.39, 0.29) is 5.91 Å². The van der Waals surface area contributed by atoms with Gasteiger partial charge in [0, 0.05) is 12.5 Å². The standard InChI is InChI=1S/C12H11N3O3S/c1-7(16)18-9-4-2-3-8(5-9)11(17)15-10-6-14-12(13)19-10/h2-6H,1H3,(H2,13,14)(H,15,17). The van der Waals surface area contributed by atoms with Crippen LogP contribution in [0.3, 0.4) is 0 Å². The maximum atomic E-state index is 11.9. The molecule has 6 nitrogen and oxygen atoms in total. The normalized spacial score (nSPS) is 9.95. The number of aromatic nitrogens is 1. The summed E-state index contributed by atoms with van der Waals surface area (Å²) in [7, 11) is 0. The second-order valence-electron chi connectivity index (χ2n) is 3.64. The summed E-state index contributed by atoms with van der Waals surface area (Å²) >= 11 is 1.17. The number of hydrogen-bond donors (Lipinski definition) is 2. The molecule has 0 unspecified atom stereocenters. The molecule has 0 bridgehead atoms. The van der Waals surface area contributed by atoms with E-state index in [4.69, 9.17) is 10.5 Å². The predicted octanol–water partition coefficient (Wildman–Crippen LogP) is 1.90. The maximum absolute atomic E-state index is 11.9. The second-order valence-corrected chi connectivity index (χ2v) is 4.70. The highest BCUT2D eigenvalue weighted by atomic mass is 32.1. The molecule has 0 saturated carbocycles. The Balaban J connectivity index is 2.12. The minimum Gasteiger partial charge on any atom is -0.427 e. The molecule has 1 amide bonds. The molecule has 0 radical (unpaired) electrons. The summed E-state index contributed by atoms with van der Waals surface area (Å²) in [5.74, 6) is -0.436. The van der Waals surface area contributed by atoms with E-state index in [1.54, 1.807) is 18.2 Å². The van der Waals surface area contributed by atoms with Crippen LogP contribution in [0.4, 0.5) is 10.1 Å². The van der Waals surface area contributed by atoms with E-state index in [1.807, 2.05) is 0 Å². The molecule has 3 N–H and O–H groups in total. The van der Waals surface area contributed by atoms with Crippen molar-refractivity contribution in [1.29, 1.82) is 0 Å². The Labute approximate surface area is 113 Å². The lowest BCUT2D eigenvalue weighted by Gasteiger charge is -2.05. The molecule has 0 aliphatic heterocycles. The van der Waals surface area contributed by atoms with Crippen molar-refractivity contribution >= 4 is 33.3 Å². The van der Waals surface area contributed by atoms with Gasteiger partial charge >= 0.3 is 5.97 Å². The van der Waals surface area contributed by atoms with Crippen LogP contribution in [0, 0.1) is 0 Å². The third-order valence-electron chi connectivity index (χ3n) is 2.12. The summed E-state index contributed by atoms with van der Waals surface area (Å²) in [6.45, 7) is 1.30. The van der Waals surface area contributed by atoms with Gasteiger partial charge in [-0.1, -0.05) is 17.4 Å². The fourth-order valence-corrected chi connectivity index (χ4v) is 1.98. The Morgan fingerprint density at radius 1 is 1.42 bits per heavy atom. The molecule has 2 rings (SSSR count). The molecule has 1 heterocycles. The monoisotopic (exact) mass is 277 g/mol. The van der Waals surface area contributed by atoms with E-state index in [0.717, 1.165) is 0 Å². The van der Waals surface area contributed by atoms with E-state index in [9.17, 15) is 9.59 Å². The zero-order valence-electron chi connectivity index (χ0n) is 10.0. The first-order chi connectivity index (χ1) is 9.04. The molecule has 0 atom stereocenters. The smallest absolute Gasteiger partial charge is 0.308 e. The van der Waals surface area contributed by atoms with Crippen LogP contribution in [-0.2, 0) is 4.79 Å². The van der Waals surface area contributed by atoms with Crippen molar-refractivity contribution in [2.24, 2.45) is 0 Å². The number of nitrogens with zero attached hydrogens (tertiary/aromatic N) is 1. The molecule has 0 spiro atoms. The lowest BCUT2D eigenvalue weighted by atomic mass is 10.2. The van der Waals surface area contributed by atoms with Crippen molar-refractivity contribution in [2.45, 2.75) is 6.92 Å². The van der Waals surface area contributed by atoms with Gasteiger partial charge in [-0.15, -0.1) is 0 Å². The third kappa shape index (κ3) is 3.52. The van der Waals surface area contributed by atoms with E-state index >= 15 is 0 Å². The quantitative estimate of drug-likeness (QED) is 0.660. The average Bonchev–Trinajstić information content (AvgIpc) is 2.74. The van der Waals surface area contributed by atoms with Crippen LogP contribution in [0.1, 0.15) is 17.3 Å². The lowest BCUT2D eigenvalue weighted by Crippen LogP contribution is -2.11. The van der Waals surface area contributed by atoms with Crippen LogP contribution in [0.15, 0.2) is 30.5 Å². The molecule has 0 aliphatic rings. The Hall–Kier alpha value is -2.41. The fourth-order valence-electron chi connectivity index (χ4n) is 1.40. The average molecular weight is 277 g/mol. The van der Waals surface area contributed by atoms with Gasteiger partial charge in [0.05, 0.1) is 6.20 Å². The highest BCUT2D eigenvalue weighted by Gasteiger charge is 2.09. The topological polar surface area (TPSA) is 94.3 Å². The van der Waals surface area contributed by atoms with Gasteiger partial charge in [-0.3, -0.25) is 9.59 Å². The van der Waals surface area contributed by atoms with E-state index in [1.165, 1.54) is 30.5 Å². The number of anilines is 2. The number of carbonyl (C=O) groups excluding carboxylic acids is 2. The second kappa shape index (κ2) is 5.49. The van der Waals surface area contributed by atoms with E-state index in [2.05, 4.69) is 10.3 Å². The fraction of sp³-hybridized carbons (Fsp3) is 0.0833. The van der Waals surface area contributed by atoms with Gasteiger partial charge in [-0.25, -0.2) is 4.98 Å². The molecule has 0 aliphatic carbocycles. The van der Waals surface area contributed by atoms with Crippen LogP contribution in [-0.4, -0.2) is 16.9 Å². The predicted molar refractivity (Wildman–Crippen MR) is 72.2 cm³/mol. The van der Waals surface area contributed by atoms with Crippen LogP contribution in [0.2, 0.25) is 0 Å². The number of ether oxygens (including phenoxy) is 1. The van der Waals surface area contributed by atoms with Gasteiger partial charge in [0.15, 0.2) is 5.13 Å². The summed E-state index contributed by atoms with van der Waals surface area (Å²) in [6.07, 6.45) is 1.48. The summed E-state index contributed by atoms with van der Waals surface area (Å²) < 4.78 is 4.91. The maximum Gasteiger partial charge on any atom is 0.308 e. The number of hydrogen-bond acceptors (Lipinski definition) is 6. The molecule has 19 heavy (non-hydrogen) atoms. The largest absolute Gasteiger partial charge is 0.427 e. The Morgan fingerprint density at radius 2 is 2.21 bits per heavy atom. The molecule has 0 saturated heterocycles. The zero-order valence-corrected chi connectivity index (χ0v) is 10.9. The summed E-state index contributed by atoms with van der Waals surface area (Å²) in [5.41, 5.74) is 5.85. The van der Waals surface area contributed by atoms with Crippen molar-refractivity contribution in [3.05, 3.63) is 36.0 Å². The minimum atomic E-state index is -0.437. The third-order valence-corrected chi connectivity index (χ3v) is 2.86. The van der Waals surface area contributed by atoms with Crippen LogP contribution >= 0.6 is 11.3 Å². The molecule has 0 fully saturated rings. The van der Waals surface area contributed by atoms with E-state index < -0.39 is 5.97 Å². The van der Waals surface area contributed by atoms with Crippen LogP contribution < -0.4 is 15.8 Å². The Kier molecular flexibility index (Phi) is 3.76. The van der Waals surface area contributed by atoms with Gasteiger partial charge in [0.25, 0.3) is 5.91 Å². The number of nitrogen functional groups attached to an aromatic ring is 1. The van der Waals surface area contributed by atoms with E-state index in [0.29, 0.717) is 21.4 Å². The molecule has 1 aromatic carbocycles. The van der Waals surface area contributed by atoms with Crippen molar-refractivity contribution in [3.63, 3.8) is 0 Å². The molecule has 7 heteroatoms. The first kappa shape index (κ1) is 13.0. The number of rotatable bonds is 3. The first-order valence-electron chi connectivity index (χ1n) is 5.36. The number of thiazole rings is 1. The van der Waals surface area contributed by atoms with Crippen molar-refractivity contribution < 1.29 is 14.3 Å². The van der Waals surface area contributed by atoms with Gasteiger partial charge < -0.3 is 15.8 Å². The van der Waals surface area contributed by atoms with Crippen molar-refractivity contribution in [1.82, 2.24) is 4.98 Å². The van der Waals surface area contributed by atoms with Gasteiger partial charge in [-0.05, 0) is 18.2 Å². The van der Waals surface area contributed by atoms with Crippen LogP contribution in [0.5, 0.6) is 5.75 Å². The zero-order chi connectivity index (χ0) is 13.8. The highest BCUT2D eigenvalue weighted by Crippen LogP contribution is 2.21. The molecular weight excluding hydrogens is 266 g/mol. The van der Waals surface area contributed by atoms with Crippen LogP contribution in [0.25, 0.3) is 0 Å². The van der Waals surface area contributed by atoms with Crippen molar-refractivity contribution in [3.8, 4) is 5.75 Å². The number of nitrogens with one attached hydrogen (secondary N) is 1.